The lowest BCUT2D eigenvalue weighted by Gasteiger charge is -2.31. The molecule has 2 rings (SSSR count). The van der Waals surface area contributed by atoms with Crippen LogP contribution in [-0.4, -0.2) is 54.4 Å². The zero-order valence-corrected chi connectivity index (χ0v) is 13.4. The van der Waals surface area contributed by atoms with Gasteiger partial charge in [0.1, 0.15) is 0 Å². The summed E-state index contributed by atoms with van der Waals surface area (Å²) in [6.07, 6.45) is 7.61. The predicted octanol–water partition coefficient (Wildman–Crippen LogP) is 1.71. The van der Waals surface area contributed by atoms with Crippen molar-refractivity contribution in [2.24, 2.45) is 5.92 Å². The third kappa shape index (κ3) is 5.15. The fourth-order valence-electron chi connectivity index (χ4n) is 3.65. The van der Waals surface area contributed by atoms with Crippen molar-refractivity contribution in [1.29, 1.82) is 0 Å². The fraction of sp³-hybridized carbons (Fsp3) is 0.938. The van der Waals surface area contributed by atoms with E-state index in [9.17, 15) is 9.90 Å². The average Bonchev–Trinajstić information content (AvgIpc) is 2.93. The molecular formula is C16H31N3O2. The molecule has 0 aromatic carbocycles. The Bertz CT molecular complexity index is 329. The van der Waals surface area contributed by atoms with Gasteiger partial charge in [-0.3, -0.25) is 0 Å². The van der Waals surface area contributed by atoms with Gasteiger partial charge in [-0.2, -0.15) is 0 Å². The minimum atomic E-state index is -0.369. The number of nitrogens with zero attached hydrogens (tertiary/aromatic N) is 1. The zero-order valence-electron chi connectivity index (χ0n) is 13.4. The molecule has 0 aromatic rings. The normalized spacial score (nSPS) is 25.7. The molecule has 1 aliphatic carbocycles. The Morgan fingerprint density at radius 1 is 1.33 bits per heavy atom. The van der Waals surface area contributed by atoms with Gasteiger partial charge in [0.05, 0.1) is 12.1 Å². The van der Waals surface area contributed by atoms with E-state index in [4.69, 9.17) is 0 Å². The quantitative estimate of drug-likeness (QED) is 0.654. The van der Waals surface area contributed by atoms with Crippen molar-refractivity contribution in [2.75, 3.05) is 32.8 Å². The number of aliphatic hydroxyl groups excluding tert-OH is 1. The van der Waals surface area contributed by atoms with Gasteiger partial charge in [-0.05, 0) is 51.1 Å². The van der Waals surface area contributed by atoms with E-state index < -0.39 is 0 Å². The van der Waals surface area contributed by atoms with Crippen molar-refractivity contribution in [3.8, 4) is 0 Å². The summed E-state index contributed by atoms with van der Waals surface area (Å²) in [6, 6.07) is -0.127. The van der Waals surface area contributed by atoms with Gasteiger partial charge in [0.25, 0.3) is 0 Å². The van der Waals surface area contributed by atoms with Crippen LogP contribution in [0.15, 0.2) is 0 Å². The van der Waals surface area contributed by atoms with Crippen LogP contribution in [0.1, 0.15) is 51.9 Å². The molecule has 0 bridgehead atoms. The highest BCUT2D eigenvalue weighted by Gasteiger charge is 2.34. The summed E-state index contributed by atoms with van der Waals surface area (Å²) in [5.41, 5.74) is -0.369. The minimum absolute atomic E-state index is 0.0477. The number of piperidine rings is 1. The summed E-state index contributed by atoms with van der Waals surface area (Å²) < 4.78 is 0. The number of carbonyl (C=O) groups is 1. The number of amides is 2. The van der Waals surface area contributed by atoms with E-state index in [1.165, 1.54) is 25.9 Å². The summed E-state index contributed by atoms with van der Waals surface area (Å²) in [6.45, 7) is 6.53. The molecular weight excluding hydrogens is 266 g/mol. The molecule has 2 aliphatic rings. The Labute approximate surface area is 128 Å². The Morgan fingerprint density at radius 2 is 2.10 bits per heavy atom. The first-order valence-electron chi connectivity index (χ1n) is 8.53. The van der Waals surface area contributed by atoms with Gasteiger partial charge in [-0.15, -0.1) is 0 Å². The van der Waals surface area contributed by atoms with Crippen LogP contribution in [0, 0.1) is 5.92 Å². The molecule has 21 heavy (non-hydrogen) atoms. The van der Waals surface area contributed by atoms with Crippen LogP contribution in [0.5, 0.6) is 0 Å². The molecule has 122 valence electrons. The molecule has 0 spiro atoms. The van der Waals surface area contributed by atoms with Gasteiger partial charge in [0.2, 0.25) is 0 Å². The van der Waals surface area contributed by atoms with E-state index in [0.717, 1.165) is 44.6 Å². The number of aliphatic hydroxyl groups is 1. The minimum Gasteiger partial charge on any atom is -0.394 e. The number of carbonyl (C=O) groups excluding carboxylic acids is 1. The topological polar surface area (TPSA) is 64.6 Å². The molecule has 3 N–H and O–H groups in total. The summed E-state index contributed by atoms with van der Waals surface area (Å²) in [5.74, 6) is 0.807. The van der Waals surface area contributed by atoms with Crippen LogP contribution in [0.3, 0.4) is 0 Å². The van der Waals surface area contributed by atoms with E-state index in [2.05, 4.69) is 22.5 Å². The first-order chi connectivity index (χ1) is 10.1. The molecule has 2 fully saturated rings. The smallest absolute Gasteiger partial charge is 0.315 e. The monoisotopic (exact) mass is 297 g/mol. The number of hydrogen-bond donors (Lipinski definition) is 3. The lowest BCUT2D eigenvalue weighted by Crippen LogP contribution is -2.53. The predicted molar refractivity (Wildman–Crippen MR) is 84.3 cm³/mol. The van der Waals surface area contributed by atoms with Crippen LogP contribution in [0.2, 0.25) is 0 Å². The van der Waals surface area contributed by atoms with Crippen LogP contribution in [-0.2, 0) is 0 Å². The first kappa shape index (κ1) is 16.6. The zero-order chi connectivity index (χ0) is 15.1. The molecule has 2 amide bonds. The van der Waals surface area contributed by atoms with E-state index in [0.29, 0.717) is 6.54 Å². The van der Waals surface area contributed by atoms with Crippen molar-refractivity contribution >= 4 is 6.03 Å². The molecule has 1 atom stereocenters. The number of hydrogen-bond acceptors (Lipinski definition) is 3. The van der Waals surface area contributed by atoms with Crippen LogP contribution >= 0.6 is 0 Å². The second-order valence-corrected chi connectivity index (χ2v) is 6.93. The standard InChI is InChI=1S/C16H31N3O2/c1-14-6-4-10-19(12-14)11-5-9-17-15(21)18-16(13-20)7-2-3-8-16/h14,20H,2-13H2,1H3,(H2,17,18,21). The third-order valence-electron chi connectivity index (χ3n) is 4.92. The number of nitrogens with one attached hydrogen (secondary N) is 2. The third-order valence-corrected chi connectivity index (χ3v) is 4.92. The molecule has 1 unspecified atom stereocenters. The van der Waals surface area contributed by atoms with Crippen LogP contribution in [0.4, 0.5) is 4.79 Å². The molecule has 1 saturated heterocycles. The van der Waals surface area contributed by atoms with Crippen molar-refractivity contribution in [2.45, 2.75) is 57.4 Å². The number of likely N-dealkylation sites (tertiary alicyclic amines) is 1. The molecule has 1 saturated carbocycles. The summed E-state index contributed by atoms with van der Waals surface area (Å²) in [7, 11) is 0. The van der Waals surface area contributed by atoms with Crippen molar-refractivity contribution < 1.29 is 9.90 Å². The van der Waals surface area contributed by atoms with Crippen molar-refractivity contribution in [3.63, 3.8) is 0 Å². The summed E-state index contributed by atoms with van der Waals surface area (Å²) >= 11 is 0. The Balaban J connectivity index is 1.58. The SMILES string of the molecule is CC1CCCN(CCCNC(=O)NC2(CO)CCCC2)C1. The Hall–Kier alpha value is -0.810. The lowest BCUT2D eigenvalue weighted by atomic mass is 9.99. The average molecular weight is 297 g/mol. The highest BCUT2D eigenvalue weighted by atomic mass is 16.3. The van der Waals surface area contributed by atoms with Gasteiger partial charge in [0, 0.05) is 13.1 Å². The van der Waals surface area contributed by atoms with Gasteiger partial charge in [0.15, 0.2) is 0 Å². The van der Waals surface area contributed by atoms with E-state index >= 15 is 0 Å². The van der Waals surface area contributed by atoms with E-state index in [1.807, 2.05) is 0 Å². The Kier molecular flexibility index (Phi) is 6.30. The van der Waals surface area contributed by atoms with Crippen molar-refractivity contribution in [1.82, 2.24) is 15.5 Å². The molecule has 1 aliphatic heterocycles. The Morgan fingerprint density at radius 3 is 2.76 bits per heavy atom. The summed E-state index contributed by atoms with van der Waals surface area (Å²) in [4.78, 5) is 14.4. The van der Waals surface area contributed by atoms with Gasteiger partial charge < -0.3 is 20.6 Å². The fourth-order valence-corrected chi connectivity index (χ4v) is 3.65. The highest BCUT2D eigenvalue weighted by molar-refractivity contribution is 5.74. The van der Waals surface area contributed by atoms with Gasteiger partial charge in [-0.1, -0.05) is 19.8 Å². The number of urea groups is 1. The maximum atomic E-state index is 11.9. The van der Waals surface area contributed by atoms with Crippen LogP contribution < -0.4 is 10.6 Å². The second kappa shape index (κ2) is 7.99. The second-order valence-electron chi connectivity index (χ2n) is 6.93. The summed E-state index contributed by atoms with van der Waals surface area (Å²) in [5, 5.41) is 15.4. The van der Waals surface area contributed by atoms with Crippen molar-refractivity contribution in [3.05, 3.63) is 0 Å². The maximum Gasteiger partial charge on any atom is 0.315 e. The largest absolute Gasteiger partial charge is 0.394 e. The molecule has 0 aromatic heterocycles. The van der Waals surface area contributed by atoms with Gasteiger partial charge >= 0.3 is 6.03 Å². The molecule has 1 heterocycles. The maximum absolute atomic E-state index is 11.9. The van der Waals surface area contributed by atoms with Crippen LogP contribution in [0.25, 0.3) is 0 Å². The molecule has 0 radical (unpaired) electrons. The van der Waals surface area contributed by atoms with E-state index in [1.54, 1.807) is 0 Å². The lowest BCUT2D eigenvalue weighted by molar-refractivity contribution is 0.161. The number of rotatable bonds is 6. The van der Waals surface area contributed by atoms with E-state index in [-0.39, 0.29) is 18.2 Å². The van der Waals surface area contributed by atoms with Gasteiger partial charge in [-0.25, -0.2) is 4.79 Å². The molecule has 5 nitrogen and oxygen atoms in total. The molecule has 5 heteroatoms. The highest BCUT2D eigenvalue weighted by Crippen LogP contribution is 2.28. The first-order valence-corrected chi connectivity index (χ1v) is 8.53.